The molecule has 4 rings (SSSR count). The van der Waals surface area contributed by atoms with Gasteiger partial charge in [-0.1, -0.05) is 76.6 Å². The van der Waals surface area contributed by atoms with Gasteiger partial charge in [-0.15, -0.1) is 0 Å². The highest BCUT2D eigenvalue weighted by Crippen LogP contribution is 2.21. The van der Waals surface area contributed by atoms with E-state index in [9.17, 15) is 53.4 Å². The summed E-state index contributed by atoms with van der Waals surface area (Å²) in [5.41, 5.74) is 18.4. The van der Waals surface area contributed by atoms with Crippen LogP contribution >= 0.6 is 0 Å². The van der Waals surface area contributed by atoms with Crippen LogP contribution in [-0.2, 0) is 62.4 Å². The number of hydrogen-bond donors (Lipinski definition) is 12. The Labute approximate surface area is 429 Å². The number of likely N-dealkylation sites (tertiary alicyclic amines) is 1. The number of aldehydes is 1. The summed E-state index contributed by atoms with van der Waals surface area (Å²) in [4.78, 5) is 134. The first-order valence-electron chi connectivity index (χ1n) is 24.6. The normalized spacial score (nSPS) is 16.4. The van der Waals surface area contributed by atoms with Crippen molar-refractivity contribution in [1.82, 2.24) is 46.8 Å². The van der Waals surface area contributed by atoms with E-state index in [0.717, 1.165) is 0 Å². The maximum Gasteiger partial charge on any atom is 0.326 e. The Morgan fingerprint density at radius 3 is 2.00 bits per heavy atom. The van der Waals surface area contributed by atoms with Crippen LogP contribution in [0, 0.1) is 11.8 Å². The standard InChI is InChI=1S/C50H71N13O11/c1-5-29(4)41(47(71)59-37(25-32-26-54-27-56-32)48(72)63-21-10-14-39(63)45(69)60-38(49(73)74)24-30-11-7-6-8-12-30)62-44(68)36(23-31-15-17-33(65)18-16-31)58-46(70)40(28(2)3)61-43(67)35(13-9-20-55-50(52)53)57-42(66)34(51)19-22-64/h6-8,11-12,15-18,22,26-29,34-41,65H,5,9-10,13-14,19-21,23-25,51H2,1-4H3,(H,54,56)(H,57,66)(H,58,70)(H,59,71)(H,60,69)(H,61,67)(H,62,68)(H,73,74)(H4,52,53,55)/t29-,34-,35-,36-,37-,38-,39-,40-,41-/m0/s1. The number of amides is 7. The molecule has 0 spiro atoms. The van der Waals surface area contributed by atoms with Gasteiger partial charge in [0.2, 0.25) is 41.4 Å². The third kappa shape index (κ3) is 18.0. The summed E-state index contributed by atoms with van der Waals surface area (Å²) >= 11 is 0. The molecule has 1 aliphatic heterocycles. The number of carbonyl (C=O) groups excluding carboxylic acids is 8. The molecular weight excluding hydrogens is 959 g/mol. The summed E-state index contributed by atoms with van der Waals surface area (Å²) in [6.45, 7) is 7.03. The van der Waals surface area contributed by atoms with Gasteiger partial charge in [0.1, 0.15) is 54.3 Å². The van der Waals surface area contributed by atoms with Crippen LogP contribution < -0.4 is 49.1 Å². The Hall–Kier alpha value is -7.89. The van der Waals surface area contributed by atoms with Crippen LogP contribution in [0.25, 0.3) is 0 Å². The van der Waals surface area contributed by atoms with E-state index in [1.165, 1.54) is 41.7 Å². The van der Waals surface area contributed by atoms with Crippen molar-refractivity contribution in [2.24, 2.45) is 34.0 Å². The molecule has 24 heteroatoms. The number of aromatic hydroxyl groups is 1. The molecule has 1 saturated heterocycles. The van der Waals surface area contributed by atoms with Crippen molar-refractivity contribution in [3.8, 4) is 5.75 Å². The quantitative estimate of drug-likeness (QED) is 0.0168. The minimum atomic E-state index is -1.40. The number of aromatic nitrogens is 2. The molecule has 1 aromatic heterocycles. The van der Waals surface area contributed by atoms with Gasteiger partial charge in [0.05, 0.1) is 12.4 Å². The number of aromatic amines is 1. The summed E-state index contributed by atoms with van der Waals surface area (Å²) in [7, 11) is 0. The molecule has 15 N–H and O–H groups in total. The number of aliphatic imine (C=N–C) groups is 1. The summed E-state index contributed by atoms with van der Waals surface area (Å²) in [5, 5.41) is 36.1. The second kappa shape index (κ2) is 29.0. The highest BCUT2D eigenvalue weighted by molar-refractivity contribution is 5.98. The number of phenols is 1. The lowest BCUT2D eigenvalue weighted by Crippen LogP contribution is -2.62. The summed E-state index contributed by atoms with van der Waals surface area (Å²) in [6, 6.07) is 4.48. The van der Waals surface area contributed by atoms with Gasteiger partial charge in [-0.3, -0.25) is 38.6 Å². The molecule has 0 saturated carbocycles. The molecule has 0 unspecified atom stereocenters. The Kier molecular flexibility index (Phi) is 23.0. The van der Waals surface area contributed by atoms with Crippen LogP contribution in [0.5, 0.6) is 5.75 Å². The number of nitrogens with zero attached hydrogens (tertiary/aromatic N) is 3. The number of phenolic OH excluding ortho intramolecular Hbond substituents is 1. The SMILES string of the molecule is CC[C@H](C)[C@H](NC(=O)[C@H](Cc1ccc(O)cc1)NC(=O)[C@@H](NC(=O)[C@H](CCCN=C(N)N)NC(=O)[C@@H](N)CC=O)C(C)C)C(=O)N[C@@H](Cc1cnc[nH]1)C(=O)N1CCC[C@H]1C(=O)N[C@@H](Cc1ccccc1)C(=O)O. The van der Waals surface area contributed by atoms with E-state index < -0.39 is 107 Å². The van der Waals surface area contributed by atoms with Gasteiger partial charge >= 0.3 is 5.97 Å². The molecule has 0 aliphatic carbocycles. The van der Waals surface area contributed by atoms with E-state index in [2.05, 4.69) is 46.9 Å². The number of hydrogen-bond acceptors (Lipinski definition) is 13. The first-order valence-corrected chi connectivity index (χ1v) is 24.6. The van der Waals surface area contributed by atoms with E-state index in [1.54, 1.807) is 58.0 Å². The number of nitrogens with two attached hydrogens (primary N) is 3. The Balaban J connectivity index is 1.59. The molecule has 7 amide bonds. The Bertz CT molecular complexity index is 2400. The predicted octanol–water partition coefficient (Wildman–Crippen LogP) is -1.20. The molecule has 3 aromatic rings. The van der Waals surface area contributed by atoms with Crippen molar-refractivity contribution in [1.29, 1.82) is 0 Å². The number of benzene rings is 2. The largest absolute Gasteiger partial charge is 0.508 e. The highest BCUT2D eigenvalue weighted by atomic mass is 16.4. The maximum atomic E-state index is 14.6. The van der Waals surface area contributed by atoms with Crippen molar-refractivity contribution >= 4 is 59.6 Å². The smallest absolute Gasteiger partial charge is 0.326 e. The number of guanidine groups is 1. The van der Waals surface area contributed by atoms with E-state index in [-0.39, 0.29) is 69.7 Å². The van der Waals surface area contributed by atoms with E-state index in [0.29, 0.717) is 35.9 Å². The Morgan fingerprint density at radius 1 is 0.784 bits per heavy atom. The molecule has 0 bridgehead atoms. The molecular formula is C50H71N13O11. The number of H-pyrrole nitrogens is 1. The van der Waals surface area contributed by atoms with Crippen LogP contribution in [0.2, 0.25) is 0 Å². The second-order valence-corrected chi connectivity index (χ2v) is 18.7. The van der Waals surface area contributed by atoms with Gasteiger partial charge in [-0.25, -0.2) is 9.78 Å². The number of aliphatic carboxylic acids is 1. The zero-order valence-electron chi connectivity index (χ0n) is 42.1. The van der Waals surface area contributed by atoms with E-state index >= 15 is 0 Å². The molecule has 74 heavy (non-hydrogen) atoms. The van der Waals surface area contributed by atoms with Crippen molar-refractivity contribution in [3.05, 3.63) is 83.9 Å². The van der Waals surface area contributed by atoms with Gasteiger partial charge in [0.25, 0.3) is 0 Å². The lowest BCUT2D eigenvalue weighted by molar-refractivity contribution is -0.145. The number of carbonyl (C=O) groups is 9. The summed E-state index contributed by atoms with van der Waals surface area (Å²) < 4.78 is 0. The molecule has 1 fully saturated rings. The fourth-order valence-electron chi connectivity index (χ4n) is 8.24. The van der Waals surface area contributed by atoms with E-state index in [1.807, 2.05) is 0 Å². The van der Waals surface area contributed by atoms with Crippen LogP contribution in [0.15, 0.2) is 72.1 Å². The van der Waals surface area contributed by atoms with Gasteiger partial charge < -0.3 is 74.0 Å². The molecule has 402 valence electrons. The van der Waals surface area contributed by atoms with Crippen LogP contribution in [0.1, 0.15) is 83.0 Å². The van der Waals surface area contributed by atoms with Crippen LogP contribution in [-0.4, -0.2) is 146 Å². The Morgan fingerprint density at radius 2 is 1.39 bits per heavy atom. The molecule has 9 atom stereocenters. The average Bonchev–Trinajstić information content (AvgIpc) is 4.08. The van der Waals surface area contributed by atoms with Crippen molar-refractivity contribution in [2.45, 2.75) is 134 Å². The number of nitrogens with one attached hydrogen (secondary N) is 7. The second-order valence-electron chi connectivity index (χ2n) is 18.7. The van der Waals surface area contributed by atoms with Crippen molar-refractivity contribution in [2.75, 3.05) is 13.1 Å². The number of rotatable bonds is 29. The molecule has 0 radical (unpaired) electrons. The fraction of sp³-hybridized carbons (Fsp3) is 0.500. The minimum absolute atomic E-state index is 0.00402. The van der Waals surface area contributed by atoms with E-state index in [4.69, 9.17) is 17.2 Å². The number of carboxylic acids is 1. The monoisotopic (exact) mass is 1030 g/mol. The van der Waals surface area contributed by atoms with Gasteiger partial charge in [0.15, 0.2) is 5.96 Å². The number of carboxylic acid groups (broad SMARTS) is 1. The summed E-state index contributed by atoms with van der Waals surface area (Å²) in [5.74, 6) is -7.90. The third-order valence-electron chi connectivity index (χ3n) is 12.6. The van der Waals surface area contributed by atoms with Gasteiger partial charge in [-0.05, 0) is 60.8 Å². The number of imidazole rings is 1. The molecule has 2 heterocycles. The highest BCUT2D eigenvalue weighted by Gasteiger charge is 2.41. The zero-order valence-corrected chi connectivity index (χ0v) is 42.1. The topological polar surface area (TPSA) is 389 Å². The molecule has 1 aliphatic rings. The predicted molar refractivity (Wildman–Crippen MR) is 271 cm³/mol. The lowest BCUT2D eigenvalue weighted by Gasteiger charge is -2.32. The summed E-state index contributed by atoms with van der Waals surface area (Å²) in [6.07, 6.45) is 3.99. The minimum Gasteiger partial charge on any atom is -0.508 e. The maximum absolute atomic E-state index is 14.6. The molecule has 24 nitrogen and oxygen atoms in total. The van der Waals surface area contributed by atoms with Crippen LogP contribution in [0.3, 0.4) is 0 Å². The first-order chi connectivity index (χ1) is 35.2. The van der Waals surface area contributed by atoms with Gasteiger partial charge in [0, 0.05) is 50.7 Å². The van der Waals surface area contributed by atoms with Gasteiger partial charge in [-0.2, -0.15) is 0 Å². The third-order valence-corrected chi connectivity index (χ3v) is 12.6. The molecule has 2 aromatic carbocycles. The van der Waals surface area contributed by atoms with Crippen molar-refractivity contribution < 1.29 is 53.4 Å². The van der Waals surface area contributed by atoms with Crippen molar-refractivity contribution in [3.63, 3.8) is 0 Å². The van der Waals surface area contributed by atoms with Crippen LogP contribution in [0.4, 0.5) is 0 Å². The first kappa shape index (κ1) is 58.7. The zero-order chi connectivity index (χ0) is 54.5. The fourth-order valence-corrected chi connectivity index (χ4v) is 8.24. The lowest BCUT2D eigenvalue weighted by atomic mass is 9.96. The average molecular weight is 1030 g/mol.